The van der Waals surface area contributed by atoms with Crippen LogP contribution < -0.4 is 5.32 Å². The summed E-state index contributed by atoms with van der Waals surface area (Å²) in [5.74, 6) is -3.16. The van der Waals surface area contributed by atoms with Crippen molar-refractivity contribution in [3.63, 3.8) is 0 Å². The van der Waals surface area contributed by atoms with E-state index in [4.69, 9.17) is 0 Å². The SMILES string of the molecule is O=C1CCC(N2C(=O)c3ccc(C(=O)N4CCN(C(=O)C5=C(c6ccc(F)cc6)CCCC5)CC4)cc3C2=O)C(=O)N1. The van der Waals surface area contributed by atoms with E-state index in [-0.39, 0.29) is 47.2 Å². The Morgan fingerprint density at radius 2 is 1.40 bits per heavy atom. The van der Waals surface area contributed by atoms with Gasteiger partial charge in [0.15, 0.2) is 0 Å². The summed E-state index contributed by atoms with van der Waals surface area (Å²) in [5, 5.41) is 2.16. The number of hydrogen-bond donors (Lipinski definition) is 1. The van der Waals surface area contributed by atoms with Crippen molar-refractivity contribution in [2.24, 2.45) is 0 Å². The predicted octanol–water partition coefficient (Wildman–Crippen LogP) is 2.54. The van der Waals surface area contributed by atoms with Crippen molar-refractivity contribution < 1.29 is 33.2 Å². The van der Waals surface area contributed by atoms with Crippen LogP contribution in [0.4, 0.5) is 4.39 Å². The van der Waals surface area contributed by atoms with Gasteiger partial charge in [0.2, 0.25) is 17.7 Å². The summed E-state index contributed by atoms with van der Waals surface area (Å²) in [7, 11) is 0. The zero-order valence-electron chi connectivity index (χ0n) is 22.9. The lowest BCUT2D eigenvalue weighted by atomic mass is 9.86. The van der Waals surface area contributed by atoms with Crippen molar-refractivity contribution in [3.05, 3.63) is 76.1 Å². The first-order chi connectivity index (χ1) is 20.2. The average Bonchev–Trinajstić information content (AvgIpc) is 3.25. The summed E-state index contributed by atoms with van der Waals surface area (Å²) in [4.78, 5) is 81.0. The van der Waals surface area contributed by atoms with Gasteiger partial charge >= 0.3 is 0 Å². The second-order valence-electron chi connectivity index (χ2n) is 11.0. The molecule has 2 aromatic carbocycles. The number of piperidine rings is 1. The number of halogens is 1. The number of carbonyl (C=O) groups is 6. The molecule has 3 heterocycles. The molecular weight excluding hydrogens is 543 g/mol. The molecule has 0 bridgehead atoms. The molecule has 2 saturated heterocycles. The highest BCUT2D eigenvalue weighted by molar-refractivity contribution is 6.24. The quantitative estimate of drug-likeness (QED) is 0.562. The number of amides is 6. The molecule has 0 spiro atoms. The molecule has 0 radical (unpaired) electrons. The van der Waals surface area contributed by atoms with Crippen molar-refractivity contribution in [2.75, 3.05) is 26.2 Å². The molecule has 2 fully saturated rings. The number of allylic oxidation sites excluding steroid dienone is 1. The van der Waals surface area contributed by atoms with E-state index in [0.717, 1.165) is 40.9 Å². The van der Waals surface area contributed by atoms with Crippen LogP contribution in [0.5, 0.6) is 0 Å². The second-order valence-corrected chi connectivity index (χ2v) is 11.0. The Balaban J connectivity index is 1.13. The lowest BCUT2D eigenvalue weighted by Gasteiger charge is -2.36. The maximum atomic E-state index is 13.5. The van der Waals surface area contributed by atoms with Crippen LogP contribution in [0, 0.1) is 5.82 Å². The molecule has 0 saturated carbocycles. The molecule has 42 heavy (non-hydrogen) atoms. The lowest BCUT2D eigenvalue weighted by Crippen LogP contribution is -2.54. The minimum atomic E-state index is -1.08. The molecule has 6 rings (SSSR count). The molecule has 6 amide bonds. The number of imide groups is 2. The minimum Gasteiger partial charge on any atom is -0.335 e. The van der Waals surface area contributed by atoms with Crippen molar-refractivity contribution in [3.8, 4) is 0 Å². The van der Waals surface area contributed by atoms with Crippen molar-refractivity contribution in [2.45, 2.75) is 44.6 Å². The monoisotopic (exact) mass is 572 g/mol. The third kappa shape index (κ3) is 4.88. The van der Waals surface area contributed by atoms with Gasteiger partial charge in [0, 0.05) is 43.7 Å². The summed E-state index contributed by atoms with van der Waals surface area (Å²) >= 11 is 0. The highest BCUT2D eigenvalue weighted by atomic mass is 19.1. The van der Waals surface area contributed by atoms with Crippen LogP contribution in [0.15, 0.2) is 48.0 Å². The molecular formula is C31H29FN4O6. The molecule has 11 heteroatoms. The Hall–Kier alpha value is -4.67. The fraction of sp³-hybridized carbons (Fsp3) is 0.355. The number of rotatable bonds is 4. The van der Waals surface area contributed by atoms with Gasteiger partial charge in [-0.1, -0.05) is 12.1 Å². The zero-order valence-corrected chi connectivity index (χ0v) is 22.9. The van der Waals surface area contributed by atoms with Gasteiger partial charge in [0.05, 0.1) is 11.1 Å². The number of piperazine rings is 1. The highest BCUT2D eigenvalue weighted by Gasteiger charge is 2.45. The zero-order chi connectivity index (χ0) is 29.5. The van der Waals surface area contributed by atoms with Gasteiger partial charge in [0.1, 0.15) is 11.9 Å². The molecule has 1 N–H and O–H groups in total. The summed E-state index contributed by atoms with van der Waals surface area (Å²) in [6, 6.07) is 9.42. The molecule has 1 atom stereocenters. The molecule has 10 nitrogen and oxygen atoms in total. The summed E-state index contributed by atoms with van der Waals surface area (Å²) in [5.41, 5.74) is 2.93. The van der Waals surface area contributed by atoms with Crippen LogP contribution in [-0.2, 0) is 14.4 Å². The first-order valence-electron chi connectivity index (χ1n) is 14.1. The normalized spacial score (nSPS) is 21.1. The molecule has 2 aromatic rings. The second kappa shape index (κ2) is 11.0. The van der Waals surface area contributed by atoms with E-state index in [0.29, 0.717) is 32.6 Å². The van der Waals surface area contributed by atoms with Crippen molar-refractivity contribution >= 4 is 41.0 Å². The average molecular weight is 573 g/mol. The number of nitrogens with one attached hydrogen (secondary N) is 1. The Labute approximate surface area is 241 Å². The molecule has 216 valence electrons. The highest BCUT2D eigenvalue weighted by Crippen LogP contribution is 2.34. The van der Waals surface area contributed by atoms with Gasteiger partial charge in [-0.05, 0) is 73.6 Å². The maximum Gasteiger partial charge on any atom is 0.262 e. The van der Waals surface area contributed by atoms with Gasteiger partial charge in [-0.2, -0.15) is 0 Å². The topological polar surface area (TPSA) is 124 Å². The van der Waals surface area contributed by atoms with E-state index < -0.39 is 29.7 Å². The third-order valence-electron chi connectivity index (χ3n) is 8.46. The van der Waals surface area contributed by atoms with Gasteiger partial charge in [-0.25, -0.2) is 4.39 Å². The van der Waals surface area contributed by atoms with Gasteiger partial charge < -0.3 is 9.80 Å². The van der Waals surface area contributed by atoms with E-state index in [1.807, 2.05) is 0 Å². The van der Waals surface area contributed by atoms with E-state index in [9.17, 15) is 33.2 Å². The number of hydrogen-bond acceptors (Lipinski definition) is 6. The summed E-state index contributed by atoms with van der Waals surface area (Å²) in [6.45, 7) is 1.29. The Morgan fingerprint density at radius 3 is 2.10 bits per heavy atom. The van der Waals surface area contributed by atoms with E-state index in [2.05, 4.69) is 5.32 Å². The fourth-order valence-electron chi connectivity index (χ4n) is 6.20. The van der Waals surface area contributed by atoms with Crippen LogP contribution in [0.2, 0.25) is 0 Å². The summed E-state index contributed by atoms with van der Waals surface area (Å²) in [6.07, 6.45) is 3.35. The van der Waals surface area contributed by atoms with E-state index in [1.54, 1.807) is 21.9 Å². The molecule has 3 aliphatic heterocycles. The lowest BCUT2D eigenvalue weighted by molar-refractivity contribution is -0.136. The number of fused-ring (bicyclic) bond motifs is 1. The van der Waals surface area contributed by atoms with Crippen LogP contribution in [0.1, 0.15) is 75.2 Å². The number of benzene rings is 2. The maximum absolute atomic E-state index is 13.5. The molecule has 1 aliphatic carbocycles. The van der Waals surface area contributed by atoms with E-state index >= 15 is 0 Å². The van der Waals surface area contributed by atoms with Crippen LogP contribution in [0.3, 0.4) is 0 Å². The van der Waals surface area contributed by atoms with Crippen molar-refractivity contribution in [1.82, 2.24) is 20.0 Å². The largest absolute Gasteiger partial charge is 0.335 e. The Kier molecular flexibility index (Phi) is 7.17. The fourth-order valence-corrected chi connectivity index (χ4v) is 6.20. The van der Waals surface area contributed by atoms with Crippen LogP contribution in [0.25, 0.3) is 5.57 Å². The van der Waals surface area contributed by atoms with Gasteiger partial charge in [-0.15, -0.1) is 0 Å². The third-order valence-corrected chi connectivity index (χ3v) is 8.46. The summed E-state index contributed by atoms with van der Waals surface area (Å²) < 4.78 is 13.5. The van der Waals surface area contributed by atoms with Crippen LogP contribution in [-0.4, -0.2) is 82.4 Å². The standard InChI is InChI=1S/C31H29FN4O6/c32-20-8-5-18(6-9-20)21-3-1-2-4-22(21)29(40)35-15-13-34(14-16-35)28(39)19-7-10-23-24(17-19)31(42)36(30(23)41)25-11-12-26(37)33-27(25)38/h5-10,17,25H,1-4,11-16H2,(H,33,37,38). The van der Waals surface area contributed by atoms with Gasteiger partial charge in [-0.3, -0.25) is 39.0 Å². The van der Waals surface area contributed by atoms with Crippen molar-refractivity contribution in [1.29, 1.82) is 0 Å². The number of nitrogens with zero attached hydrogens (tertiary/aromatic N) is 3. The Morgan fingerprint density at radius 1 is 0.762 bits per heavy atom. The predicted molar refractivity (Wildman–Crippen MR) is 147 cm³/mol. The number of carbonyl (C=O) groups excluding carboxylic acids is 6. The van der Waals surface area contributed by atoms with Gasteiger partial charge in [0.25, 0.3) is 17.7 Å². The van der Waals surface area contributed by atoms with E-state index in [1.165, 1.54) is 30.3 Å². The minimum absolute atomic E-state index is 0.0207. The first kappa shape index (κ1) is 27.5. The van der Waals surface area contributed by atoms with Crippen LogP contribution >= 0.6 is 0 Å². The molecule has 0 aromatic heterocycles. The first-order valence-corrected chi connectivity index (χ1v) is 14.1. The smallest absolute Gasteiger partial charge is 0.262 e. The molecule has 4 aliphatic rings. The molecule has 1 unspecified atom stereocenters. The Bertz CT molecular complexity index is 1560.